The summed E-state index contributed by atoms with van der Waals surface area (Å²) in [6.45, 7) is 2.21. The number of rotatable bonds is 4. The van der Waals surface area contributed by atoms with E-state index >= 15 is 0 Å². The van der Waals surface area contributed by atoms with Crippen LogP contribution in [0.4, 0.5) is 5.69 Å². The number of carbonyl (C=O) groups is 2. The first-order valence-corrected chi connectivity index (χ1v) is 6.53. The Morgan fingerprint density at radius 3 is 2.25 bits per heavy atom. The Morgan fingerprint density at radius 1 is 1.10 bits per heavy atom. The Labute approximate surface area is 117 Å². The van der Waals surface area contributed by atoms with Gasteiger partial charge in [0.25, 0.3) is 5.91 Å². The summed E-state index contributed by atoms with van der Waals surface area (Å²) in [4.78, 5) is 25.9. The van der Waals surface area contributed by atoms with E-state index in [1.807, 2.05) is 30.3 Å². The Bertz CT molecular complexity index is 458. The summed E-state index contributed by atoms with van der Waals surface area (Å²) in [5, 5.41) is 18.7. The fraction of sp³-hybridized carbons (Fsp3) is 0.429. The van der Waals surface area contributed by atoms with Crippen LogP contribution in [0.25, 0.3) is 0 Å². The number of aliphatic hydroxyl groups excluding tert-OH is 2. The van der Waals surface area contributed by atoms with E-state index < -0.39 is 18.1 Å². The van der Waals surface area contributed by atoms with E-state index in [0.717, 1.165) is 5.69 Å². The van der Waals surface area contributed by atoms with Gasteiger partial charge in [0.15, 0.2) is 12.4 Å². The number of amides is 1. The maximum Gasteiger partial charge on any atom is 0.254 e. The van der Waals surface area contributed by atoms with Crippen LogP contribution in [0.1, 0.15) is 0 Å². The summed E-state index contributed by atoms with van der Waals surface area (Å²) in [6, 6.07) is 9.86. The molecule has 0 aromatic heterocycles. The molecule has 1 aromatic rings. The summed E-state index contributed by atoms with van der Waals surface area (Å²) < 4.78 is 0. The lowest BCUT2D eigenvalue weighted by Crippen LogP contribution is -2.53. The second-order valence-corrected chi connectivity index (χ2v) is 4.72. The van der Waals surface area contributed by atoms with Gasteiger partial charge in [-0.25, -0.2) is 0 Å². The molecule has 2 rings (SSSR count). The molecule has 1 aromatic carbocycles. The van der Waals surface area contributed by atoms with Crippen molar-refractivity contribution in [2.24, 2.45) is 0 Å². The van der Waals surface area contributed by atoms with E-state index in [9.17, 15) is 19.8 Å². The molecule has 0 unspecified atom stereocenters. The predicted octanol–water partition coefficient (Wildman–Crippen LogP) is -0.744. The van der Waals surface area contributed by atoms with E-state index in [0.29, 0.717) is 26.2 Å². The van der Waals surface area contributed by atoms with Crippen LogP contribution in [-0.4, -0.2) is 65.7 Å². The van der Waals surface area contributed by atoms with Gasteiger partial charge in [-0.2, -0.15) is 0 Å². The zero-order chi connectivity index (χ0) is 14.5. The second-order valence-electron chi connectivity index (χ2n) is 4.72. The normalized spacial score (nSPS) is 18.5. The molecule has 1 fully saturated rings. The quantitative estimate of drug-likeness (QED) is 0.709. The highest BCUT2D eigenvalue weighted by Crippen LogP contribution is 2.16. The van der Waals surface area contributed by atoms with Gasteiger partial charge in [0.05, 0.1) is 0 Å². The molecule has 108 valence electrons. The summed E-state index contributed by atoms with van der Waals surface area (Å²) in [6.07, 6.45) is -3.16. The largest absolute Gasteiger partial charge is 0.382 e. The van der Waals surface area contributed by atoms with Gasteiger partial charge in [0.2, 0.25) is 0 Å². The van der Waals surface area contributed by atoms with Crippen molar-refractivity contribution in [1.29, 1.82) is 0 Å². The molecule has 1 saturated heterocycles. The van der Waals surface area contributed by atoms with Crippen LogP contribution >= 0.6 is 0 Å². The first kappa shape index (κ1) is 14.5. The molecule has 0 aliphatic carbocycles. The van der Waals surface area contributed by atoms with Crippen molar-refractivity contribution < 1.29 is 19.8 Å². The van der Waals surface area contributed by atoms with Crippen molar-refractivity contribution in [2.75, 3.05) is 31.1 Å². The lowest BCUT2D eigenvalue weighted by atomic mass is 10.1. The first-order chi connectivity index (χ1) is 9.63. The molecule has 1 aliphatic rings. The monoisotopic (exact) mass is 278 g/mol. The van der Waals surface area contributed by atoms with Crippen LogP contribution in [-0.2, 0) is 9.59 Å². The van der Waals surface area contributed by atoms with Gasteiger partial charge in [-0.15, -0.1) is 0 Å². The summed E-state index contributed by atoms with van der Waals surface area (Å²) in [7, 11) is 0. The number of para-hydroxylation sites is 1. The highest BCUT2D eigenvalue weighted by molar-refractivity contribution is 5.84. The Morgan fingerprint density at radius 2 is 1.70 bits per heavy atom. The standard InChI is InChI=1S/C14H18N2O4/c17-10-12(18)13(19)14(20)16-8-6-15(7-9-16)11-4-2-1-3-5-11/h1-5,10,12-13,18-19H,6-9H2/t12-,13+/m0/s1. The number of carbonyl (C=O) groups excluding carboxylic acids is 2. The van der Waals surface area contributed by atoms with Gasteiger partial charge in [0.1, 0.15) is 6.10 Å². The molecule has 20 heavy (non-hydrogen) atoms. The SMILES string of the molecule is O=C[C@H](O)[C@@H](O)C(=O)N1CCN(c2ccccc2)CC1. The minimum absolute atomic E-state index is 0.169. The third-order valence-corrected chi connectivity index (χ3v) is 3.43. The lowest BCUT2D eigenvalue weighted by molar-refractivity contribution is -0.149. The van der Waals surface area contributed by atoms with Crippen molar-refractivity contribution in [3.63, 3.8) is 0 Å². The number of anilines is 1. The van der Waals surface area contributed by atoms with Crippen molar-refractivity contribution >= 4 is 17.9 Å². The van der Waals surface area contributed by atoms with Crippen LogP contribution in [0.2, 0.25) is 0 Å². The summed E-state index contributed by atoms with van der Waals surface area (Å²) in [5.74, 6) is -0.600. The van der Waals surface area contributed by atoms with Gasteiger partial charge in [0, 0.05) is 31.9 Å². The van der Waals surface area contributed by atoms with Crippen molar-refractivity contribution in [1.82, 2.24) is 4.90 Å². The van der Waals surface area contributed by atoms with Crippen molar-refractivity contribution in [3.05, 3.63) is 30.3 Å². The van der Waals surface area contributed by atoms with Crippen LogP contribution in [0.3, 0.4) is 0 Å². The Hall–Kier alpha value is -1.92. The zero-order valence-electron chi connectivity index (χ0n) is 11.1. The molecule has 0 spiro atoms. The van der Waals surface area contributed by atoms with E-state index in [1.54, 1.807) is 0 Å². The number of aliphatic hydroxyl groups is 2. The Balaban J connectivity index is 1.91. The summed E-state index contributed by atoms with van der Waals surface area (Å²) in [5.41, 5.74) is 1.09. The smallest absolute Gasteiger partial charge is 0.254 e. The highest BCUT2D eigenvalue weighted by atomic mass is 16.3. The first-order valence-electron chi connectivity index (χ1n) is 6.53. The average molecular weight is 278 g/mol. The van der Waals surface area contributed by atoms with Gasteiger partial charge in [-0.1, -0.05) is 18.2 Å². The van der Waals surface area contributed by atoms with E-state index in [4.69, 9.17) is 0 Å². The van der Waals surface area contributed by atoms with Crippen LogP contribution in [0.15, 0.2) is 30.3 Å². The number of hydrogen-bond acceptors (Lipinski definition) is 5. The van der Waals surface area contributed by atoms with Crippen LogP contribution < -0.4 is 4.90 Å². The fourth-order valence-corrected chi connectivity index (χ4v) is 2.23. The highest BCUT2D eigenvalue weighted by Gasteiger charge is 2.30. The van der Waals surface area contributed by atoms with E-state index in [1.165, 1.54) is 4.90 Å². The molecule has 0 bridgehead atoms. The van der Waals surface area contributed by atoms with Gasteiger partial charge in [-0.05, 0) is 12.1 Å². The third kappa shape index (κ3) is 3.15. The van der Waals surface area contributed by atoms with E-state index in [2.05, 4.69) is 4.90 Å². The van der Waals surface area contributed by atoms with Crippen LogP contribution in [0, 0.1) is 0 Å². The fourth-order valence-electron chi connectivity index (χ4n) is 2.23. The van der Waals surface area contributed by atoms with Crippen LogP contribution in [0.5, 0.6) is 0 Å². The zero-order valence-corrected chi connectivity index (χ0v) is 11.1. The number of hydrogen-bond donors (Lipinski definition) is 2. The number of nitrogens with zero attached hydrogens (tertiary/aromatic N) is 2. The molecule has 0 radical (unpaired) electrons. The molecular weight excluding hydrogens is 260 g/mol. The van der Waals surface area contributed by atoms with Crippen molar-refractivity contribution in [3.8, 4) is 0 Å². The molecular formula is C14H18N2O4. The van der Waals surface area contributed by atoms with Gasteiger partial charge < -0.3 is 24.8 Å². The Kier molecular flexibility index (Phi) is 4.70. The molecule has 1 heterocycles. The molecule has 1 aliphatic heterocycles. The number of piperazine rings is 1. The number of aldehydes is 1. The summed E-state index contributed by atoms with van der Waals surface area (Å²) >= 11 is 0. The average Bonchev–Trinajstić information content (AvgIpc) is 2.53. The maximum absolute atomic E-state index is 11.9. The molecule has 2 N–H and O–H groups in total. The predicted molar refractivity (Wildman–Crippen MR) is 73.3 cm³/mol. The third-order valence-electron chi connectivity index (χ3n) is 3.43. The van der Waals surface area contributed by atoms with Gasteiger partial charge in [-0.3, -0.25) is 4.79 Å². The minimum atomic E-state index is -1.67. The molecule has 6 nitrogen and oxygen atoms in total. The molecule has 6 heteroatoms. The van der Waals surface area contributed by atoms with Crippen molar-refractivity contribution in [2.45, 2.75) is 12.2 Å². The second kappa shape index (κ2) is 6.49. The molecule has 2 atom stereocenters. The minimum Gasteiger partial charge on any atom is -0.382 e. The van der Waals surface area contributed by atoms with Gasteiger partial charge >= 0.3 is 0 Å². The molecule has 0 saturated carbocycles. The number of benzene rings is 1. The van der Waals surface area contributed by atoms with E-state index in [-0.39, 0.29) is 6.29 Å². The maximum atomic E-state index is 11.9. The topological polar surface area (TPSA) is 81.1 Å². The molecule has 1 amide bonds. The lowest BCUT2D eigenvalue weighted by Gasteiger charge is -2.37.